The Hall–Kier alpha value is -1.68. The van der Waals surface area contributed by atoms with Gasteiger partial charge in [0, 0.05) is 28.1 Å². The summed E-state index contributed by atoms with van der Waals surface area (Å²) in [6.45, 7) is 1.86. The minimum atomic E-state index is -0.118. The molecule has 0 aliphatic heterocycles. The van der Waals surface area contributed by atoms with E-state index in [0.717, 1.165) is 15.7 Å². The second-order valence-corrected chi connectivity index (χ2v) is 4.57. The highest BCUT2D eigenvalue weighted by Gasteiger charge is 2.08. The Morgan fingerprint density at radius 2 is 1.94 bits per heavy atom. The van der Waals surface area contributed by atoms with E-state index in [1.807, 2.05) is 31.2 Å². The van der Waals surface area contributed by atoms with Gasteiger partial charge in [0.25, 0.3) is 5.91 Å². The summed E-state index contributed by atoms with van der Waals surface area (Å²) in [6, 6.07) is 9.17. The van der Waals surface area contributed by atoms with E-state index in [2.05, 4.69) is 26.2 Å². The maximum atomic E-state index is 12.0. The van der Waals surface area contributed by atoms with Crippen molar-refractivity contribution >= 4 is 27.5 Å². The fraction of sp³-hybridized carbons (Fsp3) is 0.0769. The molecule has 1 aromatic heterocycles. The van der Waals surface area contributed by atoms with Crippen molar-refractivity contribution < 1.29 is 4.79 Å². The Labute approximate surface area is 108 Å². The number of amides is 1. The minimum absolute atomic E-state index is 0.118. The molecular formula is C13H11BrN2O. The van der Waals surface area contributed by atoms with E-state index in [4.69, 9.17) is 0 Å². The van der Waals surface area contributed by atoms with Crippen LogP contribution in [0, 0.1) is 6.92 Å². The molecule has 0 saturated carbocycles. The van der Waals surface area contributed by atoms with Crippen molar-refractivity contribution in [2.75, 3.05) is 5.32 Å². The molecule has 0 aliphatic rings. The van der Waals surface area contributed by atoms with Crippen LogP contribution in [0.15, 0.2) is 47.2 Å². The summed E-state index contributed by atoms with van der Waals surface area (Å²) in [5, 5.41) is 2.84. The highest BCUT2D eigenvalue weighted by atomic mass is 79.9. The van der Waals surface area contributed by atoms with Gasteiger partial charge in [0.1, 0.15) is 0 Å². The molecule has 0 spiro atoms. The molecule has 1 N–H and O–H groups in total. The van der Waals surface area contributed by atoms with Crippen LogP contribution in [0.3, 0.4) is 0 Å². The monoisotopic (exact) mass is 290 g/mol. The van der Waals surface area contributed by atoms with E-state index in [1.165, 1.54) is 0 Å². The maximum absolute atomic E-state index is 12.0. The second kappa shape index (κ2) is 5.10. The van der Waals surface area contributed by atoms with Gasteiger partial charge < -0.3 is 5.32 Å². The number of halogens is 1. The predicted molar refractivity (Wildman–Crippen MR) is 71.1 cm³/mol. The van der Waals surface area contributed by atoms with Crippen molar-refractivity contribution in [3.63, 3.8) is 0 Å². The van der Waals surface area contributed by atoms with Crippen molar-refractivity contribution in [2.45, 2.75) is 6.92 Å². The van der Waals surface area contributed by atoms with Crippen LogP contribution in [0.4, 0.5) is 5.69 Å². The van der Waals surface area contributed by atoms with E-state index in [1.54, 1.807) is 18.5 Å². The highest BCUT2D eigenvalue weighted by Crippen LogP contribution is 2.15. The van der Waals surface area contributed by atoms with Gasteiger partial charge in [-0.2, -0.15) is 0 Å². The molecule has 1 heterocycles. The third-order valence-corrected chi connectivity index (χ3v) is 2.90. The summed E-state index contributed by atoms with van der Waals surface area (Å²) in [7, 11) is 0. The zero-order chi connectivity index (χ0) is 12.3. The predicted octanol–water partition coefficient (Wildman–Crippen LogP) is 3.40. The topological polar surface area (TPSA) is 42.0 Å². The summed E-state index contributed by atoms with van der Waals surface area (Å²) in [6.07, 6.45) is 3.29. The number of hydrogen-bond acceptors (Lipinski definition) is 2. The number of aromatic nitrogens is 1. The lowest BCUT2D eigenvalue weighted by atomic mass is 10.1. The van der Waals surface area contributed by atoms with Crippen LogP contribution < -0.4 is 5.32 Å². The Morgan fingerprint density at radius 3 is 2.59 bits per heavy atom. The summed E-state index contributed by atoms with van der Waals surface area (Å²) < 4.78 is 0.982. The molecule has 0 bridgehead atoms. The number of anilines is 1. The van der Waals surface area contributed by atoms with Gasteiger partial charge in [0.15, 0.2) is 0 Å². The third-order valence-electron chi connectivity index (χ3n) is 2.37. The number of pyridine rings is 1. The Kier molecular flexibility index (Phi) is 3.54. The molecule has 3 nitrogen and oxygen atoms in total. The van der Waals surface area contributed by atoms with Gasteiger partial charge in [0.05, 0.1) is 0 Å². The van der Waals surface area contributed by atoms with Crippen LogP contribution in [-0.4, -0.2) is 10.9 Å². The number of benzene rings is 1. The normalized spacial score (nSPS) is 10.0. The molecule has 0 saturated heterocycles. The molecule has 86 valence electrons. The Bertz CT molecular complexity index is 537. The van der Waals surface area contributed by atoms with E-state index in [-0.39, 0.29) is 5.91 Å². The molecule has 1 aromatic carbocycles. The van der Waals surface area contributed by atoms with E-state index >= 15 is 0 Å². The van der Waals surface area contributed by atoms with Crippen LogP contribution in [0.1, 0.15) is 15.9 Å². The van der Waals surface area contributed by atoms with Crippen LogP contribution in [-0.2, 0) is 0 Å². The average molecular weight is 291 g/mol. The standard InChI is InChI=1S/C13H11BrN2O/c1-9-8-15-7-6-12(9)13(17)16-11-4-2-10(14)3-5-11/h2-8H,1H3,(H,16,17). The lowest BCUT2D eigenvalue weighted by molar-refractivity contribution is 0.102. The van der Waals surface area contributed by atoms with Crippen molar-refractivity contribution in [3.05, 3.63) is 58.3 Å². The molecule has 0 fully saturated rings. The number of nitrogens with one attached hydrogen (secondary N) is 1. The molecule has 1 amide bonds. The summed E-state index contributed by atoms with van der Waals surface area (Å²) in [5.41, 5.74) is 2.28. The molecule has 2 rings (SSSR count). The van der Waals surface area contributed by atoms with Gasteiger partial charge in [-0.05, 0) is 42.8 Å². The number of nitrogens with zero attached hydrogens (tertiary/aromatic N) is 1. The first kappa shape index (κ1) is 11.8. The third kappa shape index (κ3) is 2.91. The highest BCUT2D eigenvalue weighted by molar-refractivity contribution is 9.10. The van der Waals surface area contributed by atoms with E-state index in [0.29, 0.717) is 5.56 Å². The molecule has 4 heteroatoms. The first-order valence-electron chi connectivity index (χ1n) is 5.14. The molecular weight excluding hydrogens is 280 g/mol. The Morgan fingerprint density at radius 1 is 1.24 bits per heavy atom. The van der Waals surface area contributed by atoms with Gasteiger partial charge in [-0.15, -0.1) is 0 Å². The van der Waals surface area contributed by atoms with Gasteiger partial charge in [-0.25, -0.2) is 0 Å². The van der Waals surface area contributed by atoms with Crippen LogP contribution >= 0.6 is 15.9 Å². The quantitative estimate of drug-likeness (QED) is 0.921. The number of hydrogen-bond donors (Lipinski definition) is 1. The van der Waals surface area contributed by atoms with Crippen LogP contribution in [0.2, 0.25) is 0 Å². The smallest absolute Gasteiger partial charge is 0.256 e. The summed E-state index contributed by atoms with van der Waals surface area (Å²) in [4.78, 5) is 15.9. The zero-order valence-electron chi connectivity index (χ0n) is 9.27. The number of carbonyl (C=O) groups is 1. The SMILES string of the molecule is Cc1cnccc1C(=O)Nc1ccc(Br)cc1. The first-order chi connectivity index (χ1) is 8.16. The lowest BCUT2D eigenvalue weighted by Crippen LogP contribution is -2.13. The van der Waals surface area contributed by atoms with Gasteiger partial charge in [-0.3, -0.25) is 9.78 Å². The molecule has 0 aliphatic carbocycles. The first-order valence-corrected chi connectivity index (χ1v) is 5.93. The zero-order valence-corrected chi connectivity index (χ0v) is 10.9. The summed E-state index contributed by atoms with van der Waals surface area (Å²) in [5.74, 6) is -0.118. The van der Waals surface area contributed by atoms with E-state index in [9.17, 15) is 4.79 Å². The maximum Gasteiger partial charge on any atom is 0.256 e. The summed E-state index contributed by atoms with van der Waals surface area (Å²) >= 11 is 3.35. The van der Waals surface area contributed by atoms with Crippen LogP contribution in [0.5, 0.6) is 0 Å². The number of carbonyl (C=O) groups excluding carboxylic acids is 1. The number of rotatable bonds is 2. The fourth-order valence-corrected chi connectivity index (χ4v) is 1.72. The molecule has 2 aromatic rings. The van der Waals surface area contributed by atoms with Crippen molar-refractivity contribution in [1.29, 1.82) is 0 Å². The van der Waals surface area contributed by atoms with Gasteiger partial charge in [-0.1, -0.05) is 15.9 Å². The molecule has 0 unspecified atom stereocenters. The largest absolute Gasteiger partial charge is 0.322 e. The fourth-order valence-electron chi connectivity index (χ4n) is 1.46. The van der Waals surface area contributed by atoms with Crippen molar-refractivity contribution in [2.24, 2.45) is 0 Å². The molecule has 0 atom stereocenters. The lowest BCUT2D eigenvalue weighted by Gasteiger charge is -2.07. The van der Waals surface area contributed by atoms with Crippen molar-refractivity contribution in [1.82, 2.24) is 4.98 Å². The van der Waals surface area contributed by atoms with Crippen molar-refractivity contribution in [3.8, 4) is 0 Å². The minimum Gasteiger partial charge on any atom is -0.322 e. The van der Waals surface area contributed by atoms with E-state index < -0.39 is 0 Å². The number of aryl methyl sites for hydroxylation is 1. The van der Waals surface area contributed by atoms with Gasteiger partial charge >= 0.3 is 0 Å². The second-order valence-electron chi connectivity index (χ2n) is 3.65. The van der Waals surface area contributed by atoms with Crippen LogP contribution in [0.25, 0.3) is 0 Å². The molecule has 0 radical (unpaired) electrons. The molecule has 17 heavy (non-hydrogen) atoms. The average Bonchev–Trinajstić information content (AvgIpc) is 2.32. The van der Waals surface area contributed by atoms with Gasteiger partial charge in [0.2, 0.25) is 0 Å². The Balaban J connectivity index is 2.17.